The Kier molecular flexibility index (Phi) is 7.00. The molecule has 4 aliphatic rings. The number of rotatable bonds is 10. The summed E-state index contributed by atoms with van der Waals surface area (Å²) in [5, 5.41) is 6.17. The van der Waals surface area contributed by atoms with E-state index in [1.807, 2.05) is 44.2 Å². The van der Waals surface area contributed by atoms with Crippen molar-refractivity contribution in [2.24, 2.45) is 29.1 Å². The molecule has 0 heterocycles. The second kappa shape index (κ2) is 9.72. The number of hydrogen-bond acceptors (Lipinski definition) is 3. The van der Waals surface area contributed by atoms with E-state index in [-0.39, 0.29) is 23.1 Å². The van der Waals surface area contributed by atoms with Crippen molar-refractivity contribution >= 4 is 11.8 Å². The second-order valence-electron chi connectivity index (χ2n) is 10.6. The lowest BCUT2D eigenvalue weighted by Crippen LogP contribution is -2.58. The van der Waals surface area contributed by atoms with E-state index in [0.717, 1.165) is 49.0 Å². The zero-order valence-electron chi connectivity index (χ0n) is 19.1. The maximum absolute atomic E-state index is 13.4. The lowest BCUT2D eigenvalue weighted by molar-refractivity contribution is -0.149. The fourth-order valence-electron chi connectivity index (χ4n) is 6.48. The maximum atomic E-state index is 13.4. The van der Waals surface area contributed by atoms with Gasteiger partial charge in [-0.2, -0.15) is 0 Å². The van der Waals surface area contributed by atoms with Crippen LogP contribution in [0.1, 0.15) is 64.4 Å². The molecule has 5 rings (SSSR count). The molecule has 170 valence electrons. The van der Waals surface area contributed by atoms with Crippen LogP contribution in [0.15, 0.2) is 30.3 Å². The highest BCUT2D eigenvalue weighted by Crippen LogP contribution is 2.60. The van der Waals surface area contributed by atoms with Gasteiger partial charge in [-0.15, -0.1) is 0 Å². The largest absolute Gasteiger partial charge is 0.377 e. The number of carbonyl (C=O) groups excluding carboxylic acids is 2. The van der Waals surface area contributed by atoms with Crippen LogP contribution in [-0.4, -0.2) is 31.0 Å². The minimum atomic E-state index is -0.467. The quantitative estimate of drug-likeness (QED) is 0.554. The lowest BCUT2D eigenvalue weighted by atomic mass is 9.49. The molecule has 31 heavy (non-hydrogen) atoms. The summed E-state index contributed by atoms with van der Waals surface area (Å²) in [6, 6.07) is 9.62. The number of benzene rings is 1. The molecule has 5 nitrogen and oxygen atoms in total. The second-order valence-corrected chi connectivity index (χ2v) is 10.6. The first-order valence-corrected chi connectivity index (χ1v) is 12.2. The van der Waals surface area contributed by atoms with Gasteiger partial charge in [0.2, 0.25) is 11.8 Å². The molecule has 0 radical (unpaired) electrons. The van der Waals surface area contributed by atoms with E-state index in [4.69, 9.17) is 4.74 Å². The molecule has 0 aliphatic heterocycles. The first-order valence-electron chi connectivity index (χ1n) is 12.2. The van der Waals surface area contributed by atoms with Crippen molar-refractivity contribution in [1.29, 1.82) is 0 Å². The summed E-state index contributed by atoms with van der Waals surface area (Å²) in [5.41, 5.74) is 0.937. The molecule has 1 atom stereocenters. The van der Waals surface area contributed by atoms with Crippen molar-refractivity contribution in [3.05, 3.63) is 35.9 Å². The van der Waals surface area contributed by atoms with Crippen LogP contribution in [-0.2, 0) is 20.9 Å². The SMILES string of the molecule is CC(C)C(NC(=O)C12CC3CC(CC(C3)C1)C2)C(=O)NCCCOCc1ccccc1. The number of amides is 2. The molecule has 0 saturated heterocycles. The molecular weight excluding hydrogens is 388 g/mol. The van der Waals surface area contributed by atoms with E-state index in [1.165, 1.54) is 19.3 Å². The first kappa shape index (κ1) is 22.3. The summed E-state index contributed by atoms with van der Waals surface area (Å²) in [5.74, 6) is 2.28. The van der Waals surface area contributed by atoms with Gasteiger partial charge in [-0.3, -0.25) is 9.59 Å². The summed E-state index contributed by atoms with van der Waals surface area (Å²) in [4.78, 5) is 26.2. The van der Waals surface area contributed by atoms with E-state index in [2.05, 4.69) is 10.6 Å². The van der Waals surface area contributed by atoms with E-state index >= 15 is 0 Å². The zero-order chi connectivity index (χ0) is 21.8. The van der Waals surface area contributed by atoms with Crippen LogP contribution in [0.3, 0.4) is 0 Å². The van der Waals surface area contributed by atoms with E-state index < -0.39 is 6.04 Å². The molecule has 1 unspecified atom stereocenters. The van der Waals surface area contributed by atoms with Crippen LogP contribution in [0.2, 0.25) is 0 Å². The van der Waals surface area contributed by atoms with E-state index in [1.54, 1.807) is 0 Å². The van der Waals surface area contributed by atoms with Crippen molar-refractivity contribution < 1.29 is 14.3 Å². The van der Waals surface area contributed by atoms with E-state index in [0.29, 0.717) is 19.8 Å². The number of ether oxygens (including phenoxy) is 1. The van der Waals surface area contributed by atoms with Crippen molar-refractivity contribution in [3.63, 3.8) is 0 Å². The Balaban J connectivity index is 1.22. The van der Waals surface area contributed by atoms with Gasteiger partial charge in [0.25, 0.3) is 0 Å². The van der Waals surface area contributed by atoms with Gasteiger partial charge in [-0.25, -0.2) is 0 Å². The van der Waals surface area contributed by atoms with Gasteiger partial charge in [-0.1, -0.05) is 44.2 Å². The third kappa shape index (κ3) is 5.31. The molecule has 2 N–H and O–H groups in total. The van der Waals surface area contributed by atoms with Gasteiger partial charge in [0.1, 0.15) is 6.04 Å². The molecule has 4 saturated carbocycles. The predicted molar refractivity (Wildman–Crippen MR) is 121 cm³/mol. The van der Waals surface area contributed by atoms with Gasteiger partial charge < -0.3 is 15.4 Å². The van der Waals surface area contributed by atoms with Crippen molar-refractivity contribution in [2.45, 2.75) is 71.4 Å². The van der Waals surface area contributed by atoms with Crippen molar-refractivity contribution in [3.8, 4) is 0 Å². The summed E-state index contributed by atoms with van der Waals surface area (Å²) in [7, 11) is 0. The van der Waals surface area contributed by atoms with Gasteiger partial charge in [0.15, 0.2) is 0 Å². The number of nitrogens with one attached hydrogen (secondary N) is 2. The Morgan fingerprint density at radius 3 is 2.23 bits per heavy atom. The van der Waals surface area contributed by atoms with Crippen LogP contribution >= 0.6 is 0 Å². The number of hydrogen-bond donors (Lipinski definition) is 2. The molecule has 0 spiro atoms. The predicted octanol–water partition coefficient (Wildman–Crippen LogP) is 4.07. The zero-order valence-corrected chi connectivity index (χ0v) is 19.1. The molecule has 2 amide bonds. The third-order valence-corrected chi connectivity index (χ3v) is 7.63. The minimum Gasteiger partial charge on any atom is -0.377 e. The molecule has 4 aliphatic carbocycles. The van der Waals surface area contributed by atoms with Crippen LogP contribution in [0, 0.1) is 29.1 Å². The fourth-order valence-corrected chi connectivity index (χ4v) is 6.48. The number of carbonyl (C=O) groups is 2. The summed E-state index contributed by atoms with van der Waals surface area (Å²) in [6.07, 6.45) is 7.77. The average Bonchev–Trinajstić information content (AvgIpc) is 2.73. The monoisotopic (exact) mass is 426 g/mol. The molecule has 0 aromatic heterocycles. The summed E-state index contributed by atoms with van der Waals surface area (Å²) in [6.45, 7) is 5.76. The minimum absolute atomic E-state index is 0.0622. The smallest absolute Gasteiger partial charge is 0.242 e. The van der Waals surface area contributed by atoms with Crippen molar-refractivity contribution in [2.75, 3.05) is 13.2 Å². The van der Waals surface area contributed by atoms with Gasteiger partial charge in [0, 0.05) is 18.6 Å². The maximum Gasteiger partial charge on any atom is 0.242 e. The third-order valence-electron chi connectivity index (χ3n) is 7.63. The Labute approximate surface area is 186 Å². The summed E-state index contributed by atoms with van der Waals surface area (Å²) < 4.78 is 5.69. The highest BCUT2D eigenvalue weighted by atomic mass is 16.5. The van der Waals surface area contributed by atoms with E-state index in [9.17, 15) is 9.59 Å². The Bertz CT molecular complexity index is 726. The molecular formula is C26H38N2O3. The van der Waals surface area contributed by atoms with Crippen LogP contribution < -0.4 is 10.6 Å². The highest BCUT2D eigenvalue weighted by molar-refractivity contribution is 5.90. The van der Waals surface area contributed by atoms with Crippen LogP contribution in [0.25, 0.3) is 0 Å². The Morgan fingerprint density at radius 1 is 1.03 bits per heavy atom. The Morgan fingerprint density at radius 2 is 1.65 bits per heavy atom. The molecule has 5 heteroatoms. The van der Waals surface area contributed by atoms with Crippen LogP contribution in [0.5, 0.6) is 0 Å². The van der Waals surface area contributed by atoms with Crippen molar-refractivity contribution in [1.82, 2.24) is 10.6 Å². The average molecular weight is 427 g/mol. The fraction of sp³-hybridized carbons (Fsp3) is 0.692. The van der Waals surface area contributed by atoms with Gasteiger partial charge in [-0.05, 0) is 74.2 Å². The highest BCUT2D eigenvalue weighted by Gasteiger charge is 2.55. The molecule has 1 aromatic carbocycles. The van der Waals surface area contributed by atoms with Gasteiger partial charge >= 0.3 is 0 Å². The topological polar surface area (TPSA) is 67.4 Å². The standard InChI is InChI=1S/C26H38N2O3/c1-18(2)23(24(29)27-9-6-10-31-17-19-7-4-3-5-8-19)28-25(30)26-14-20-11-21(15-26)13-22(12-20)16-26/h3-5,7-8,18,20-23H,6,9-17H2,1-2H3,(H,27,29)(H,28,30). The first-order chi connectivity index (χ1) is 14.9. The van der Waals surface area contributed by atoms with Gasteiger partial charge in [0.05, 0.1) is 6.61 Å². The Hall–Kier alpha value is -1.88. The molecule has 4 bridgehead atoms. The molecule has 4 fully saturated rings. The normalized spacial score (nSPS) is 29.7. The summed E-state index contributed by atoms with van der Waals surface area (Å²) >= 11 is 0. The van der Waals surface area contributed by atoms with Crippen LogP contribution in [0.4, 0.5) is 0 Å². The molecule has 1 aromatic rings. The lowest BCUT2D eigenvalue weighted by Gasteiger charge is -2.55.